The SMILES string of the molecule is CCOC(=O)CN(CC(=O)Nc1ccccc1C(=O)Nc1ccccc1)CC1CC1. The smallest absolute Gasteiger partial charge is 0.320 e. The fraction of sp³-hybridized carbons (Fsp3) is 0.348. The lowest BCUT2D eigenvalue weighted by molar-refractivity contribution is -0.144. The second kappa shape index (κ2) is 10.5. The Hall–Kier alpha value is -3.19. The average Bonchev–Trinajstić information content (AvgIpc) is 3.53. The summed E-state index contributed by atoms with van der Waals surface area (Å²) in [6, 6.07) is 16.0. The van der Waals surface area contributed by atoms with Crippen LogP contribution in [0.25, 0.3) is 0 Å². The first-order chi connectivity index (χ1) is 14.5. The van der Waals surface area contributed by atoms with Crippen molar-refractivity contribution in [3.8, 4) is 0 Å². The summed E-state index contributed by atoms with van der Waals surface area (Å²) in [5.74, 6) is -0.400. The monoisotopic (exact) mass is 409 g/mol. The maximum absolute atomic E-state index is 12.7. The molecule has 1 fully saturated rings. The fourth-order valence-corrected chi connectivity index (χ4v) is 3.14. The predicted octanol–water partition coefficient (Wildman–Crippen LogP) is 3.15. The molecule has 0 aromatic heterocycles. The summed E-state index contributed by atoms with van der Waals surface area (Å²) in [7, 11) is 0. The van der Waals surface area contributed by atoms with Crippen molar-refractivity contribution in [1.82, 2.24) is 4.90 Å². The molecule has 0 aliphatic heterocycles. The summed E-state index contributed by atoms with van der Waals surface area (Å²) < 4.78 is 5.02. The molecule has 0 spiro atoms. The minimum absolute atomic E-state index is 0.0595. The Balaban J connectivity index is 1.63. The van der Waals surface area contributed by atoms with Crippen LogP contribution in [0.5, 0.6) is 0 Å². The van der Waals surface area contributed by atoms with E-state index in [9.17, 15) is 14.4 Å². The molecular weight excluding hydrogens is 382 g/mol. The molecule has 30 heavy (non-hydrogen) atoms. The van der Waals surface area contributed by atoms with Crippen LogP contribution >= 0.6 is 0 Å². The van der Waals surface area contributed by atoms with Gasteiger partial charge in [-0.25, -0.2) is 0 Å². The number of carbonyl (C=O) groups is 3. The normalized spacial score (nSPS) is 13.0. The average molecular weight is 409 g/mol. The van der Waals surface area contributed by atoms with E-state index in [1.54, 1.807) is 48.2 Å². The van der Waals surface area contributed by atoms with E-state index in [1.807, 2.05) is 18.2 Å². The van der Waals surface area contributed by atoms with Gasteiger partial charge >= 0.3 is 5.97 Å². The van der Waals surface area contributed by atoms with E-state index in [0.29, 0.717) is 36.0 Å². The molecule has 0 heterocycles. The van der Waals surface area contributed by atoms with Gasteiger partial charge in [0.05, 0.1) is 30.9 Å². The molecule has 2 aromatic carbocycles. The molecule has 2 N–H and O–H groups in total. The first-order valence-electron chi connectivity index (χ1n) is 10.2. The van der Waals surface area contributed by atoms with Gasteiger partial charge in [0.2, 0.25) is 5.91 Å². The molecule has 1 aliphatic carbocycles. The zero-order valence-electron chi connectivity index (χ0n) is 17.1. The number of amides is 2. The minimum atomic E-state index is -0.339. The van der Waals surface area contributed by atoms with Crippen molar-refractivity contribution in [2.75, 3.05) is 36.9 Å². The predicted molar refractivity (Wildman–Crippen MR) is 115 cm³/mol. The minimum Gasteiger partial charge on any atom is -0.465 e. The first kappa shape index (κ1) is 21.5. The number of anilines is 2. The molecule has 3 rings (SSSR count). The molecule has 0 unspecified atom stereocenters. The van der Waals surface area contributed by atoms with Gasteiger partial charge in [0.1, 0.15) is 0 Å². The van der Waals surface area contributed by atoms with E-state index >= 15 is 0 Å². The number of ether oxygens (including phenoxy) is 1. The lowest BCUT2D eigenvalue weighted by atomic mass is 10.1. The van der Waals surface area contributed by atoms with Crippen molar-refractivity contribution in [3.63, 3.8) is 0 Å². The van der Waals surface area contributed by atoms with E-state index < -0.39 is 0 Å². The number of nitrogens with one attached hydrogen (secondary N) is 2. The molecule has 0 saturated heterocycles. The summed E-state index contributed by atoms with van der Waals surface area (Å²) in [6.45, 7) is 2.89. The fourth-order valence-electron chi connectivity index (χ4n) is 3.14. The number of esters is 1. The third-order valence-corrected chi connectivity index (χ3v) is 4.72. The maximum Gasteiger partial charge on any atom is 0.320 e. The van der Waals surface area contributed by atoms with Crippen LogP contribution in [0.3, 0.4) is 0 Å². The molecule has 0 atom stereocenters. The molecule has 1 saturated carbocycles. The van der Waals surface area contributed by atoms with Crippen LogP contribution in [-0.4, -0.2) is 48.9 Å². The summed E-state index contributed by atoms with van der Waals surface area (Å²) in [6.07, 6.45) is 2.23. The Labute approximate surface area is 176 Å². The number of carbonyl (C=O) groups excluding carboxylic acids is 3. The Morgan fingerprint density at radius 3 is 2.37 bits per heavy atom. The molecule has 7 heteroatoms. The molecule has 0 bridgehead atoms. The Kier molecular flexibility index (Phi) is 7.57. The lowest BCUT2D eigenvalue weighted by Crippen LogP contribution is -2.39. The van der Waals surface area contributed by atoms with E-state index in [0.717, 1.165) is 12.8 Å². The highest BCUT2D eigenvalue weighted by Gasteiger charge is 2.27. The standard InChI is InChI=1S/C23H27N3O4/c1-2-30-22(28)16-26(14-17-12-13-17)15-21(27)25-20-11-7-6-10-19(20)23(29)24-18-8-4-3-5-9-18/h3-11,17H,2,12-16H2,1H3,(H,24,29)(H,25,27). The number of benzene rings is 2. The first-order valence-corrected chi connectivity index (χ1v) is 10.2. The largest absolute Gasteiger partial charge is 0.465 e. The summed E-state index contributed by atoms with van der Waals surface area (Å²) in [4.78, 5) is 39.0. The second-order valence-corrected chi connectivity index (χ2v) is 7.33. The van der Waals surface area contributed by atoms with Crippen molar-refractivity contribution in [2.45, 2.75) is 19.8 Å². The van der Waals surface area contributed by atoms with Crippen LogP contribution in [0.2, 0.25) is 0 Å². The Bertz CT molecular complexity index is 881. The van der Waals surface area contributed by atoms with Crippen LogP contribution in [-0.2, 0) is 14.3 Å². The number of para-hydroxylation sites is 2. The highest BCUT2D eigenvalue weighted by Crippen LogP contribution is 2.29. The van der Waals surface area contributed by atoms with Crippen LogP contribution in [0.1, 0.15) is 30.1 Å². The van der Waals surface area contributed by atoms with E-state index in [1.165, 1.54) is 0 Å². The summed E-state index contributed by atoms with van der Waals surface area (Å²) in [5, 5.41) is 5.64. The van der Waals surface area contributed by atoms with Crippen molar-refractivity contribution >= 4 is 29.2 Å². The molecular formula is C23H27N3O4. The number of rotatable bonds is 10. The van der Waals surface area contributed by atoms with Gasteiger partial charge in [0.25, 0.3) is 5.91 Å². The third kappa shape index (κ3) is 6.70. The summed E-state index contributed by atoms with van der Waals surface area (Å²) >= 11 is 0. The lowest BCUT2D eigenvalue weighted by Gasteiger charge is -2.21. The Morgan fingerprint density at radius 1 is 0.967 bits per heavy atom. The van der Waals surface area contributed by atoms with Gasteiger partial charge in [-0.3, -0.25) is 19.3 Å². The van der Waals surface area contributed by atoms with Crippen LogP contribution in [0, 0.1) is 5.92 Å². The van der Waals surface area contributed by atoms with Gasteiger partial charge in [-0.1, -0.05) is 30.3 Å². The Morgan fingerprint density at radius 2 is 1.67 bits per heavy atom. The molecule has 0 radical (unpaired) electrons. The van der Waals surface area contributed by atoms with Crippen molar-refractivity contribution in [3.05, 3.63) is 60.2 Å². The van der Waals surface area contributed by atoms with Crippen molar-refractivity contribution in [1.29, 1.82) is 0 Å². The molecule has 2 amide bonds. The van der Waals surface area contributed by atoms with Gasteiger partial charge < -0.3 is 15.4 Å². The van der Waals surface area contributed by atoms with Crippen molar-refractivity contribution < 1.29 is 19.1 Å². The van der Waals surface area contributed by atoms with E-state index in [-0.39, 0.29) is 30.9 Å². The second-order valence-electron chi connectivity index (χ2n) is 7.33. The summed E-state index contributed by atoms with van der Waals surface area (Å²) in [5.41, 5.74) is 1.47. The van der Waals surface area contributed by atoms with Crippen molar-refractivity contribution in [2.24, 2.45) is 5.92 Å². The third-order valence-electron chi connectivity index (χ3n) is 4.72. The van der Waals surface area contributed by atoms with Crippen LogP contribution in [0.4, 0.5) is 11.4 Å². The highest BCUT2D eigenvalue weighted by atomic mass is 16.5. The van der Waals surface area contributed by atoms with Gasteiger partial charge in [0.15, 0.2) is 0 Å². The number of nitrogens with zero attached hydrogens (tertiary/aromatic N) is 1. The van der Waals surface area contributed by atoms with E-state index in [2.05, 4.69) is 10.6 Å². The van der Waals surface area contributed by atoms with Gasteiger partial charge in [-0.2, -0.15) is 0 Å². The molecule has 1 aliphatic rings. The van der Waals surface area contributed by atoms with Gasteiger partial charge in [-0.15, -0.1) is 0 Å². The topological polar surface area (TPSA) is 87.7 Å². The maximum atomic E-state index is 12.7. The van der Waals surface area contributed by atoms with Gasteiger partial charge in [0, 0.05) is 12.2 Å². The number of hydrogen-bond acceptors (Lipinski definition) is 5. The molecule has 158 valence electrons. The van der Waals surface area contributed by atoms with Crippen LogP contribution < -0.4 is 10.6 Å². The quantitative estimate of drug-likeness (QED) is 0.589. The zero-order valence-corrected chi connectivity index (χ0v) is 17.1. The highest BCUT2D eigenvalue weighted by molar-refractivity contribution is 6.10. The van der Waals surface area contributed by atoms with Gasteiger partial charge in [-0.05, 0) is 49.9 Å². The molecule has 7 nitrogen and oxygen atoms in total. The molecule has 2 aromatic rings. The van der Waals surface area contributed by atoms with Crippen LogP contribution in [0.15, 0.2) is 54.6 Å². The zero-order chi connectivity index (χ0) is 21.3. The number of hydrogen-bond donors (Lipinski definition) is 2. The van der Waals surface area contributed by atoms with E-state index in [4.69, 9.17) is 4.74 Å².